The van der Waals surface area contributed by atoms with E-state index in [2.05, 4.69) is 24.4 Å². The van der Waals surface area contributed by atoms with Gasteiger partial charge in [-0.15, -0.1) is 0 Å². The minimum atomic E-state index is -0.837. The fourth-order valence-electron chi connectivity index (χ4n) is 2.68. The number of hydrogen-bond acceptors (Lipinski definition) is 3. The van der Waals surface area contributed by atoms with E-state index >= 15 is 0 Å². The molecule has 1 aromatic rings. The third-order valence-corrected chi connectivity index (χ3v) is 4.65. The van der Waals surface area contributed by atoms with Gasteiger partial charge in [0.15, 0.2) is 0 Å². The van der Waals surface area contributed by atoms with E-state index in [4.69, 9.17) is 4.74 Å². The summed E-state index contributed by atoms with van der Waals surface area (Å²) in [5.74, 6) is -0.0586. The normalized spacial score (nSPS) is 18.0. The maximum atomic E-state index is 12.6. The van der Waals surface area contributed by atoms with Gasteiger partial charge in [-0.2, -0.15) is 0 Å². The first-order chi connectivity index (χ1) is 10.4. The smallest absolute Gasteiger partial charge is 0.230 e. The zero-order valence-corrected chi connectivity index (χ0v) is 13.8. The van der Waals surface area contributed by atoms with Gasteiger partial charge < -0.3 is 15.2 Å². The van der Waals surface area contributed by atoms with Crippen LogP contribution < -0.4 is 5.32 Å². The Bertz CT molecular complexity index is 502. The lowest BCUT2D eigenvalue weighted by atomic mass is 9.83. The number of aliphatic hydroxyl groups is 1. The van der Waals surface area contributed by atoms with E-state index < -0.39 is 11.0 Å². The molecule has 2 N–H and O–H groups in total. The maximum absolute atomic E-state index is 12.6. The van der Waals surface area contributed by atoms with E-state index in [0.717, 1.165) is 12.0 Å². The van der Waals surface area contributed by atoms with Crippen molar-refractivity contribution in [2.24, 2.45) is 0 Å². The lowest BCUT2D eigenvalue weighted by Gasteiger charge is -2.33. The van der Waals surface area contributed by atoms with Crippen LogP contribution in [0.3, 0.4) is 0 Å². The highest BCUT2D eigenvalue weighted by Gasteiger charge is 2.34. The first kappa shape index (κ1) is 17.0. The summed E-state index contributed by atoms with van der Waals surface area (Å²) in [6.45, 7) is 7.32. The Morgan fingerprint density at radius 3 is 2.41 bits per heavy atom. The molecule has 122 valence electrons. The molecule has 0 saturated carbocycles. The molecule has 0 bridgehead atoms. The zero-order chi connectivity index (χ0) is 16.2. The minimum Gasteiger partial charge on any atom is -0.388 e. The number of carbonyl (C=O) groups is 1. The summed E-state index contributed by atoms with van der Waals surface area (Å²) in [4.78, 5) is 12.6. The third-order valence-electron chi connectivity index (χ3n) is 4.65. The van der Waals surface area contributed by atoms with Crippen molar-refractivity contribution in [3.05, 3.63) is 35.4 Å². The Balaban J connectivity index is 2.00. The SMILES string of the molecule is CCc1ccc(C(C)(C)C(=O)NCC2(O)CCOCC2)cc1. The van der Waals surface area contributed by atoms with Gasteiger partial charge >= 0.3 is 0 Å². The summed E-state index contributed by atoms with van der Waals surface area (Å²) in [5.41, 5.74) is 0.793. The molecular weight excluding hydrogens is 278 g/mol. The van der Waals surface area contributed by atoms with Crippen molar-refractivity contribution in [2.75, 3.05) is 19.8 Å². The number of aryl methyl sites for hydroxylation is 1. The zero-order valence-electron chi connectivity index (χ0n) is 13.8. The van der Waals surface area contributed by atoms with Gasteiger partial charge in [0.25, 0.3) is 0 Å². The summed E-state index contributed by atoms with van der Waals surface area (Å²) in [6.07, 6.45) is 2.12. The maximum Gasteiger partial charge on any atom is 0.230 e. The van der Waals surface area contributed by atoms with Crippen molar-refractivity contribution >= 4 is 5.91 Å². The van der Waals surface area contributed by atoms with Gasteiger partial charge in [-0.3, -0.25) is 4.79 Å². The first-order valence-corrected chi connectivity index (χ1v) is 8.05. The monoisotopic (exact) mass is 305 g/mol. The number of carbonyl (C=O) groups excluding carboxylic acids is 1. The Kier molecular flexibility index (Phi) is 5.24. The van der Waals surface area contributed by atoms with E-state index in [1.54, 1.807) is 0 Å². The van der Waals surface area contributed by atoms with Crippen LogP contribution >= 0.6 is 0 Å². The highest BCUT2D eigenvalue weighted by Crippen LogP contribution is 2.25. The Morgan fingerprint density at radius 2 is 1.86 bits per heavy atom. The topological polar surface area (TPSA) is 58.6 Å². The molecule has 1 aliphatic rings. The van der Waals surface area contributed by atoms with Crippen molar-refractivity contribution < 1.29 is 14.6 Å². The number of nitrogens with one attached hydrogen (secondary N) is 1. The van der Waals surface area contributed by atoms with E-state index in [-0.39, 0.29) is 12.5 Å². The number of ether oxygens (including phenoxy) is 1. The standard InChI is InChI=1S/C18H27NO3/c1-4-14-5-7-15(8-6-14)17(2,3)16(20)19-13-18(21)9-11-22-12-10-18/h5-8,21H,4,9-13H2,1-3H3,(H,19,20). The Labute approximate surface area is 132 Å². The molecule has 1 saturated heterocycles. The molecule has 1 aromatic carbocycles. The molecule has 0 aromatic heterocycles. The van der Waals surface area contributed by atoms with E-state index in [9.17, 15) is 9.90 Å². The van der Waals surface area contributed by atoms with Crippen molar-refractivity contribution in [1.29, 1.82) is 0 Å². The summed E-state index contributed by atoms with van der Waals surface area (Å²) in [5, 5.41) is 13.3. The van der Waals surface area contributed by atoms with E-state index in [0.29, 0.717) is 26.1 Å². The molecule has 1 fully saturated rings. The third kappa shape index (κ3) is 3.87. The van der Waals surface area contributed by atoms with Crippen molar-refractivity contribution in [3.8, 4) is 0 Å². The van der Waals surface area contributed by atoms with Crippen LogP contribution in [0.4, 0.5) is 0 Å². The fourth-order valence-corrected chi connectivity index (χ4v) is 2.68. The number of hydrogen-bond donors (Lipinski definition) is 2. The fraction of sp³-hybridized carbons (Fsp3) is 0.611. The van der Waals surface area contributed by atoms with Crippen LogP contribution in [-0.4, -0.2) is 36.4 Å². The second kappa shape index (κ2) is 6.80. The first-order valence-electron chi connectivity index (χ1n) is 8.05. The minimum absolute atomic E-state index is 0.0586. The van der Waals surface area contributed by atoms with E-state index in [1.165, 1.54) is 5.56 Å². The van der Waals surface area contributed by atoms with Crippen LogP contribution in [0.25, 0.3) is 0 Å². The van der Waals surface area contributed by atoms with Gasteiger partial charge in [-0.25, -0.2) is 0 Å². The largest absolute Gasteiger partial charge is 0.388 e. The van der Waals surface area contributed by atoms with Gasteiger partial charge in [0.05, 0.1) is 11.0 Å². The molecule has 0 spiro atoms. The van der Waals surface area contributed by atoms with Gasteiger partial charge in [-0.05, 0) is 31.4 Å². The van der Waals surface area contributed by atoms with Gasteiger partial charge in [0.1, 0.15) is 0 Å². The van der Waals surface area contributed by atoms with Crippen LogP contribution in [0.15, 0.2) is 24.3 Å². The molecule has 4 heteroatoms. The summed E-state index contributed by atoms with van der Waals surface area (Å²) < 4.78 is 5.26. The van der Waals surface area contributed by atoms with Gasteiger partial charge in [0.2, 0.25) is 5.91 Å². The highest BCUT2D eigenvalue weighted by atomic mass is 16.5. The van der Waals surface area contributed by atoms with Crippen LogP contribution in [-0.2, 0) is 21.4 Å². The molecule has 2 rings (SSSR count). The van der Waals surface area contributed by atoms with Crippen LogP contribution in [0.5, 0.6) is 0 Å². The molecule has 0 unspecified atom stereocenters. The molecule has 1 heterocycles. The summed E-state index contributed by atoms with van der Waals surface area (Å²) in [7, 11) is 0. The van der Waals surface area contributed by atoms with Crippen molar-refractivity contribution in [3.63, 3.8) is 0 Å². The lowest BCUT2D eigenvalue weighted by Crippen LogP contribution is -2.50. The molecule has 1 amide bonds. The predicted molar refractivity (Wildman–Crippen MR) is 86.9 cm³/mol. The molecule has 0 aliphatic carbocycles. The van der Waals surface area contributed by atoms with Crippen LogP contribution in [0.2, 0.25) is 0 Å². The Hall–Kier alpha value is -1.39. The average molecular weight is 305 g/mol. The van der Waals surface area contributed by atoms with Crippen LogP contribution in [0, 0.1) is 0 Å². The molecule has 0 atom stereocenters. The number of rotatable bonds is 5. The van der Waals surface area contributed by atoms with Gasteiger partial charge in [-0.1, -0.05) is 31.2 Å². The second-order valence-corrected chi connectivity index (χ2v) is 6.69. The summed E-state index contributed by atoms with van der Waals surface area (Å²) >= 11 is 0. The van der Waals surface area contributed by atoms with Crippen molar-refractivity contribution in [1.82, 2.24) is 5.32 Å². The second-order valence-electron chi connectivity index (χ2n) is 6.69. The average Bonchev–Trinajstić information content (AvgIpc) is 2.53. The lowest BCUT2D eigenvalue weighted by molar-refractivity contribution is -0.128. The molecule has 0 radical (unpaired) electrons. The quantitative estimate of drug-likeness (QED) is 0.876. The molecule has 4 nitrogen and oxygen atoms in total. The Morgan fingerprint density at radius 1 is 1.27 bits per heavy atom. The van der Waals surface area contributed by atoms with Crippen LogP contribution in [0.1, 0.15) is 44.7 Å². The molecular formula is C18H27NO3. The number of benzene rings is 1. The molecule has 22 heavy (non-hydrogen) atoms. The summed E-state index contributed by atoms with van der Waals surface area (Å²) in [6, 6.07) is 8.16. The van der Waals surface area contributed by atoms with Gasteiger partial charge in [0, 0.05) is 32.6 Å². The molecule has 1 aliphatic heterocycles. The van der Waals surface area contributed by atoms with E-state index in [1.807, 2.05) is 26.0 Å². The number of amides is 1. The van der Waals surface area contributed by atoms with Crippen molar-refractivity contribution in [2.45, 2.75) is 51.0 Å². The highest BCUT2D eigenvalue weighted by molar-refractivity contribution is 5.87. The predicted octanol–water partition coefficient (Wildman–Crippen LogP) is 2.18.